The number of fused-ring (bicyclic) bond motifs is 1. The SMILES string of the molecule is CS(=O)(=O)N[C@@H]1CCCN(C(=O)/C=C/c2nc3ccccc3o2)C1. The third kappa shape index (κ3) is 4.21. The molecule has 2 aromatic rings. The Morgan fingerprint density at radius 2 is 2.21 bits per heavy atom. The average Bonchev–Trinajstić information content (AvgIpc) is 2.94. The van der Waals surface area contributed by atoms with Crippen LogP contribution in [-0.2, 0) is 14.8 Å². The molecular weight excluding hydrogens is 330 g/mol. The monoisotopic (exact) mass is 349 g/mol. The second kappa shape index (κ2) is 6.74. The Bertz CT molecular complexity index is 839. The van der Waals surface area contributed by atoms with Crippen molar-refractivity contribution in [1.82, 2.24) is 14.6 Å². The maximum Gasteiger partial charge on any atom is 0.246 e. The van der Waals surface area contributed by atoms with Gasteiger partial charge in [0.05, 0.1) is 6.26 Å². The summed E-state index contributed by atoms with van der Waals surface area (Å²) in [7, 11) is -3.27. The van der Waals surface area contributed by atoms with Crippen molar-refractivity contribution in [2.75, 3.05) is 19.3 Å². The average molecular weight is 349 g/mol. The molecule has 8 heteroatoms. The zero-order valence-corrected chi connectivity index (χ0v) is 14.1. The van der Waals surface area contributed by atoms with Gasteiger partial charge in [-0.15, -0.1) is 0 Å². The van der Waals surface area contributed by atoms with Gasteiger partial charge in [-0.1, -0.05) is 12.1 Å². The quantitative estimate of drug-likeness (QED) is 0.842. The summed E-state index contributed by atoms with van der Waals surface area (Å²) in [6.07, 6.45) is 5.56. The van der Waals surface area contributed by atoms with E-state index in [1.807, 2.05) is 24.3 Å². The van der Waals surface area contributed by atoms with Gasteiger partial charge in [-0.3, -0.25) is 4.79 Å². The number of sulfonamides is 1. The summed E-state index contributed by atoms with van der Waals surface area (Å²) >= 11 is 0. The lowest BCUT2D eigenvalue weighted by atomic mass is 10.1. The number of para-hydroxylation sites is 2. The van der Waals surface area contributed by atoms with Gasteiger partial charge in [0.15, 0.2) is 5.58 Å². The molecule has 0 spiro atoms. The number of oxazole rings is 1. The molecule has 24 heavy (non-hydrogen) atoms. The fraction of sp³-hybridized carbons (Fsp3) is 0.375. The Morgan fingerprint density at radius 1 is 1.42 bits per heavy atom. The first kappa shape index (κ1) is 16.7. The first-order valence-electron chi connectivity index (χ1n) is 7.70. The molecule has 128 valence electrons. The minimum atomic E-state index is -3.27. The summed E-state index contributed by atoms with van der Waals surface area (Å²) in [5.41, 5.74) is 1.40. The molecule has 1 aromatic carbocycles. The van der Waals surface area contributed by atoms with Crippen molar-refractivity contribution in [2.24, 2.45) is 0 Å². The smallest absolute Gasteiger partial charge is 0.246 e. The molecule has 1 aliphatic heterocycles. The molecule has 1 N–H and O–H groups in total. The van der Waals surface area contributed by atoms with Crippen LogP contribution in [0.15, 0.2) is 34.8 Å². The van der Waals surface area contributed by atoms with Crippen LogP contribution in [0.2, 0.25) is 0 Å². The topological polar surface area (TPSA) is 92.5 Å². The van der Waals surface area contributed by atoms with Gasteiger partial charge < -0.3 is 9.32 Å². The zero-order chi connectivity index (χ0) is 17.2. The zero-order valence-electron chi connectivity index (χ0n) is 13.3. The van der Waals surface area contributed by atoms with E-state index in [4.69, 9.17) is 4.42 Å². The predicted octanol–water partition coefficient (Wildman–Crippen LogP) is 1.38. The van der Waals surface area contributed by atoms with Crippen LogP contribution in [-0.4, -0.2) is 49.6 Å². The van der Waals surface area contributed by atoms with Gasteiger partial charge in [0.1, 0.15) is 5.52 Å². The molecule has 2 heterocycles. The number of likely N-dealkylation sites (tertiary alicyclic amines) is 1. The second-order valence-electron chi connectivity index (χ2n) is 5.87. The molecule has 1 atom stereocenters. The number of hydrogen-bond acceptors (Lipinski definition) is 5. The Morgan fingerprint density at radius 3 is 2.96 bits per heavy atom. The fourth-order valence-electron chi connectivity index (χ4n) is 2.79. The number of rotatable bonds is 4. The highest BCUT2D eigenvalue weighted by Crippen LogP contribution is 2.16. The van der Waals surface area contributed by atoms with E-state index in [2.05, 4.69) is 9.71 Å². The number of benzene rings is 1. The molecule has 1 amide bonds. The predicted molar refractivity (Wildman–Crippen MR) is 90.6 cm³/mol. The summed E-state index contributed by atoms with van der Waals surface area (Å²) in [4.78, 5) is 18.2. The number of amides is 1. The van der Waals surface area contributed by atoms with E-state index < -0.39 is 10.0 Å². The number of hydrogen-bond donors (Lipinski definition) is 1. The molecule has 7 nitrogen and oxygen atoms in total. The maximum atomic E-state index is 12.3. The van der Waals surface area contributed by atoms with Gasteiger partial charge in [0.25, 0.3) is 0 Å². The number of nitrogens with one attached hydrogen (secondary N) is 1. The van der Waals surface area contributed by atoms with Gasteiger partial charge in [-0.05, 0) is 25.0 Å². The van der Waals surface area contributed by atoms with Gasteiger partial charge in [0.2, 0.25) is 21.8 Å². The first-order valence-corrected chi connectivity index (χ1v) is 9.60. The highest BCUT2D eigenvalue weighted by atomic mass is 32.2. The van der Waals surface area contributed by atoms with Gasteiger partial charge >= 0.3 is 0 Å². The molecular formula is C16H19N3O4S. The summed E-state index contributed by atoms with van der Waals surface area (Å²) < 4.78 is 30.7. The van der Waals surface area contributed by atoms with Crippen LogP contribution in [0.1, 0.15) is 18.7 Å². The van der Waals surface area contributed by atoms with Crippen LogP contribution in [0.3, 0.4) is 0 Å². The summed E-state index contributed by atoms with van der Waals surface area (Å²) in [6.45, 7) is 0.975. The van der Waals surface area contributed by atoms with Crippen LogP contribution in [0.5, 0.6) is 0 Å². The first-order chi connectivity index (χ1) is 11.4. The largest absolute Gasteiger partial charge is 0.437 e. The van der Waals surface area contributed by atoms with Crippen LogP contribution >= 0.6 is 0 Å². The lowest BCUT2D eigenvalue weighted by Gasteiger charge is -2.32. The summed E-state index contributed by atoms with van der Waals surface area (Å²) in [6, 6.07) is 7.13. The van der Waals surface area contributed by atoms with Gasteiger partial charge in [-0.2, -0.15) is 0 Å². The van der Waals surface area contributed by atoms with E-state index in [0.717, 1.165) is 24.6 Å². The van der Waals surface area contributed by atoms with Crippen molar-refractivity contribution in [2.45, 2.75) is 18.9 Å². The number of piperidine rings is 1. The Labute approximate surface area is 140 Å². The van der Waals surface area contributed by atoms with Crippen LogP contribution in [0.4, 0.5) is 0 Å². The fourth-order valence-corrected chi connectivity index (χ4v) is 3.58. The third-order valence-electron chi connectivity index (χ3n) is 3.79. The van der Waals surface area contributed by atoms with E-state index in [0.29, 0.717) is 24.6 Å². The lowest BCUT2D eigenvalue weighted by molar-refractivity contribution is -0.127. The van der Waals surface area contributed by atoms with Crippen molar-refractivity contribution in [3.05, 3.63) is 36.2 Å². The molecule has 3 rings (SSSR count). The van der Waals surface area contributed by atoms with Crippen LogP contribution < -0.4 is 4.72 Å². The number of nitrogens with zero attached hydrogens (tertiary/aromatic N) is 2. The van der Waals surface area contributed by atoms with Crippen molar-refractivity contribution in [3.63, 3.8) is 0 Å². The molecule has 0 unspecified atom stereocenters. The standard InChI is InChI=1S/C16H19N3O4S/c1-24(21,22)18-12-5-4-10-19(11-12)16(20)9-8-15-17-13-6-2-3-7-14(13)23-15/h2-3,6-9,12,18H,4-5,10-11H2,1H3/b9-8+/t12-/m1/s1. The van der Waals surface area contributed by atoms with Crippen molar-refractivity contribution < 1.29 is 17.6 Å². The molecule has 1 saturated heterocycles. The number of carbonyl (C=O) groups is 1. The van der Waals surface area contributed by atoms with Gasteiger partial charge in [-0.25, -0.2) is 18.1 Å². The van der Waals surface area contributed by atoms with Crippen molar-refractivity contribution in [3.8, 4) is 0 Å². The molecule has 1 fully saturated rings. The van der Waals surface area contributed by atoms with Crippen molar-refractivity contribution in [1.29, 1.82) is 0 Å². The van der Waals surface area contributed by atoms with E-state index in [-0.39, 0.29) is 11.9 Å². The normalized spacial score (nSPS) is 19.2. The molecule has 1 aliphatic rings. The molecule has 1 aromatic heterocycles. The lowest BCUT2D eigenvalue weighted by Crippen LogP contribution is -2.48. The van der Waals surface area contributed by atoms with E-state index in [1.165, 1.54) is 12.2 Å². The van der Waals surface area contributed by atoms with E-state index in [9.17, 15) is 13.2 Å². The second-order valence-corrected chi connectivity index (χ2v) is 7.65. The highest BCUT2D eigenvalue weighted by Gasteiger charge is 2.24. The maximum absolute atomic E-state index is 12.3. The molecule has 0 aliphatic carbocycles. The minimum Gasteiger partial charge on any atom is -0.437 e. The minimum absolute atomic E-state index is 0.183. The summed E-state index contributed by atoms with van der Waals surface area (Å²) in [5.74, 6) is 0.185. The Hall–Kier alpha value is -2.19. The van der Waals surface area contributed by atoms with Crippen molar-refractivity contribution >= 4 is 33.1 Å². The third-order valence-corrected chi connectivity index (χ3v) is 4.55. The number of carbonyl (C=O) groups excluding carboxylic acids is 1. The molecule has 0 radical (unpaired) electrons. The van der Waals surface area contributed by atoms with Gasteiger partial charge in [0, 0.05) is 31.3 Å². The Balaban J connectivity index is 1.65. The van der Waals surface area contributed by atoms with Crippen LogP contribution in [0, 0.1) is 0 Å². The molecule has 0 saturated carbocycles. The van der Waals surface area contributed by atoms with E-state index in [1.54, 1.807) is 4.90 Å². The highest BCUT2D eigenvalue weighted by molar-refractivity contribution is 7.88. The van der Waals surface area contributed by atoms with E-state index >= 15 is 0 Å². The Kier molecular flexibility index (Phi) is 4.68. The summed E-state index contributed by atoms with van der Waals surface area (Å²) in [5, 5.41) is 0. The van der Waals surface area contributed by atoms with Crippen LogP contribution in [0.25, 0.3) is 17.2 Å². The number of aromatic nitrogens is 1. The molecule has 0 bridgehead atoms.